The van der Waals surface area contributed by atoms with Crippen LogP contribution in [0.4, 0.5) is 17.1 Å². The monoisotopic (exact) mass is 643 g/mol. The Morgan fingerprint density at radius 1 is 0.551 bits per heavy atom. The molecule has 0 N–H and O–H groups in total. The van der Waals surface area contributed by atoms with E-state index in [1.807, 2.05) is 0 Å². The standard InChI is InChI=1S/C44H37NO4/c1-3-43(46)48-29-27-32-13-21-37(22-14-32)45(38-23-15-33(16-24-38)28-30-49-44(47)4-2)39-25-17-34(18-26-39)31-42-40-11-7-5-9-35(40)19-20-36-10-6-8-12-41(36)42/h3-26,31H,1-2,27-30H2. The number of carbonyl (C=O) groups is 2. The van der Waals surface area contributed by atoms with Gasteiger partial charge in [0.25, 0.3) is 0 Å². The minimum Gasteiger partial charge on any atom is -0.462 e. The van der Waals surface area contributed by atoms with Crippen molar-refractivity contribution in [2.75, 3.05) is 18.1 Å². The maximum absolute atomic E-state index is 11.5. The van der Waals surface area contributed by atoms with E-state index in [-0.39, 0.29) is 0 Å². The van der Waals surface area contributed by atoms with E-state index in [1.165, 1.54) is 40.0 Å². The first-order valence-electron chi connectivity index (χ1n) is 16.3. The van der Waals surface area contributed by atoms with Crippen LogP contribution in [0.25, 0.3) is 23.8 Å². The third-order valence-corrected chi connectivity index (χ3v) is 8.40. The lowest BCUT2D eigenvalue weighted by Gasteiger charge is -2.26. The molecule has 6 rings (SSSR count). The number of carbonyl (C=O) groups excluding carboxylic acids is 2. The van der Waals surface area contributed by atoms with Crippen LogP contribution >= 0.6 is 0 Å². The molecule has 49 heavy (non-hydrogen) atoms. The molecule has 1 aliphatic carbocycles. The van der Waals surface area contributed by atoms with Crippen molar-refractivity contribution >= 4 is 52.8 Å². The van der Waals surface area contributed by atoms with E-state index in [2.05, 4.69) is 158 Å². The van der Waals surface area contributed by atoms with Gasteiger partial charge in [0.1, 0.15) is 0 Å². The fourth-order valence-corrected chi connectivity index (χ4v) is 5.87. The Hall–Kier alpha value is -6.20. The van der Waals surface area contributed by atoms with Crippen LogP contribution in [0.5, 0.6) is 0 Å². The van der Waals surface area contributed by atoms with Crippen molar-refractivity contribution in [1.29, 1.82) is 0 Å². The summed E-state index contributed by atoms with van der Waals surface area (Å²) in [5.74, 6) is -0.846. The van der Waals surface area contributed by atoms with Gasteiger partial charge in [-0.3, -0.25) is 0 Å². The quantitative estimate of drug-likeness (QED) is 0.0982. The molecule has 0 unspecified atom stereocenters. The topological polar surface area (TPSA) is 55.8 Å². The normalized spacial score (nSPS) is 11.4. The predicted molar refractivity (Wildman–Crippen MR) is 200 cm³/mol. The van der Waals surface area contributed by atoms with Gasteiger partial charge in [0.05, 0.1) is 13.2 Å². The molecule has 5 aromatic carbocycles. The minimum absolute atomic E-state index is 0.291. The molecule has 0 saturated carbocycles. The van der Waals surface area contributed by atoms with Crippen LogP contribution in [0.1, 0.15) is 38.9 Å². The summed E-state index contributed by atoms with van der Waals surface area (Å²) in [4.78, 5) is 25.1. The highest BCUT2D eigenvalue weighted by atomic mass is 16.5. The fraction of sp³-hybridized carbons (Fsp3) is 0.0909. The van der Waals surface area contributed by atoms with Crippen LogP contribution in [-0.4, -0.2) is 25.2 Å². The number of hydrogen-bond donors (Lipinski definition) is 0. The van der Waals surface area contributed by atoms with E-state index >= 15 is 0 Å². The molecule has 0 fully saturated rings. The summed E-state index contributed by atoms with van der Waals surface area (Å²) >= 11 is 0. The van der Waals surface area contributed by atoms with Crippen LogP contribution in [0.2, 0.25) is 0 Å². The van der Waals surface area contributed by atoms with Gasteiger partial charge in [0, 0.05) is 42.1 Å². The fourth-order valence-electron chi connectivity index (χ4n) is 5.87. The van der Waals surface area contributed by atoms with Crippen LogP contribution in [0.3, 0.4) is 0 Å². The Labute approximate surface area is 287 Å². The molecule has 0 aromatic heterocycles. The van der Waals surface area contributed by atoms with Crippen LogP contribution in [-0.2, 0) is 31.9 Å². The second-order valence-electron chi connectivity index (χ2n) is 11.6. The molecule has 0 aliphatic heterocycles. The van der Waals surface area contributed by atoms with E-state index in [9.17, 15) is 9.59 Å². The number of nitrogens with zero attached hydrogens (tertiary/aromatic N) is 1. The van der Waals surface area contributed by atoms with Crippen LogP contribution < -0.4 is 4.90 Å². The SMILES string of the molecule is C=CC(=O)OCCc1ccc(N(c2ccc(C=C3c4ccccc4C=Cc4ccccc43)cc2)c2ccc(CCOC(=O)C=C)cc2)cc1. The summed E-state index contributed by atoms with van der Waals surface area (Å²) in [5.41, 5.74) is 12.2. The van der Waals surface area contributed by atoms with Crippen LogP contribution in [0.15, 0.2) is 147 Å². The van der Waals surface area contributed by atoms with Gasteiger partial charge < -0.3 is 14.4 Å². The Kier molecular flexibility index (Phi) is 10.4. The van der Waals surface area contributed by atoms with Gasteiger partial charge in [-0.05, 0) is 87.0 Å². The van der Waals surface area contributed by atoms with Crippen molar-refractivity contribution in [1.82, 2.24) is 0 Å². The van der Waals surface area contributed by atoms with E-state index in [0.29, 0.717) is 26.1 Å². The zero-order valence-corrected chi connectivity index (χ0v) is 27.3. The van der Waals surface area contributed by atoms with E-state index in [4.69, 9.17) is 9.47 Å². The Morgan fingerprint density at radius 3 is 1.39 bits per heavy atom. The number of anilines is 3. The third-order valence-electron chi connectivity index (χ3n) is 8.40. The molecule has 0 spiro atoms. The van der Waals surface area contributed by atoms with E-state index in [0.717, 1.165) is 33.8 Å². The molecule has 0 atom stereocenters. The molecule has 242 valence electrons. The van der Waals surface area contributed by atoms with Gasteiger partial charge in [-0.2, -0.15) is 0 Å². The summed E-state index contributed by atoms with van der Waals surface area (Å²) in [6, 6.07) is 42.2. The molecule has 1 aliphatic rings. The zero-order valence-electron chi connectivity index (χ0n) is 27.3. The molecule has 5 nitrogen and oxygen atoms in total. The van der Waals surface area contributed by atoms with Gasteiger partial charge in [-0.1, -0.05) is 110 Å². The minimum atomic E-state index is -0.423. The Balaban J connectivity index is 1.31. The van der Waals surface area contributed by atoms with Crippen molar-refractivity contribution in [2.45, 2.75) is 12.8 Å². The molecule has 0 bridgehead atoms. The summed E-state index contributed by atoms with van der Waals surface area (Å²) in [7, 11) is 0. The Morgan fingerprint density at radius 2 is 0.959 bits per heavy atom. The first kappa shape index (κ1) is 32.7. The van der Waals surface area contributed by atoms with Gasteiger partial charge in [0.2, 0.25) is 0 Å². The average Bonchev–Trinajstić information content (AvgIpc) is 3.30. The van der Waals surface area contributed by atoms with E-state index < -0.39 is 11.9 Å². The summed E-state index contributed by atoms with van der Waals surface area (Å²) in [5, 5.41) is 0. The molecular weight excluding hydrogens is 606 g/mol. The van der Waals surface area contributed by atoms with Crippen molar-refractivity contribution in [2.24, 2.45) is 0 Å². The first-order chi connectivity index (χ1) is 24.0. The molecule has 0 saturated heterocycles. The van der Waals surface area contributed by atoms with E-state index in [1.54, 1.807) is 0 Å². The van der Waals surface area contributed by atoms with Gasteiger partial charge in [-0.25, -0.2) is 9.59 Å². The Bertz CT molecular complexity index is 1900. The second-order valence-corrected chi connectivity index (χ2v) is 11.6. The number of rotatable bonds is 12. The lowest BCUT2D eigenvalue weighted by Crippen LogP contribution is -2.10. The number of benzene rings is 5. The smallest absolute Gasteiger partial charge is 0.330 e. The molecule has 5 aromatic rings. The summed E-state index contributed by atoms with van der Waals surface area (Å²) < 4.78 is 10.3. The third kappa shape index (κ3) is 8.03. The molecular formula is C44H37NO4. The largest absolute Gasteiger partial charge is 0.462 e. The predicted octanol–water partition coefficient (Wildman–Crippen LogP) is 9.77. The zero-order chi connectivity index (χ0) is 34.0. The van der Waals surface area contributed by atoms with Crippen molar-refractivity contribution in [3.8, 4) is 0 Å². The van der Waals surface area contributed by atoms with Crippen molar-refractivity contribution in [3.63, 3.8) is 0 Å². The van der Waals surface area contributed by atoms with Gasteiger partial charge >= 0.3 is 11.9 Å². The van der Waals surface area contributed by atoms with Gasteiger partial charge in [0.15, 0.2) is 0 Å². The highest BCUT2D eigenvalue weighted by Gasteiger charge is 2.16. The average molecular weight is 644 g/mol. The molecule has 0 amide bonds. The number of esters is 2. The van der Waals surface area contributed by atoms with Crippen LogP contribution in [0, 0.1) is 0 Å². The summed E-state index contributed by atoms with van der Waals surface area (Å²) in [6.45, 7) is 7.49. The second kappa shape index (κ2) is 15.6. The highest BCUT2D eigenvalue weighted by Crippen LogP contribution is 2.37. The highest BCUT2D eigenvalue weighted by molar-refractivity contribution is 6.00. The molecule has 0 radical (unpaired) electrons. The number of hydrogen-bond acceptors (Lipinski definition) is 5. The maximum atomic E-state index is 11.5. The lowest BCUT2D eigenvalue weighted by atomic mass is 9.92. The van der Waals surface area contributed by atoms with Crippen molar-refractivity contribution < 1.29 is 19.1 Å². The molecule has 0 heterocycles. The summed E-state index contributed by atoms with van der Waals surface area (Å²) in [6.07, 6.45) is 10.2. The van der Waals surface area contributed by atoms with Gasteiger partial charge in [-0.15, -0.1) is 0 Å². The number of fused-ring (bicyclic) bond motifs is 2. The lowest BCUT2D eigenvalue weighted by molar-refractivity contribution is -0.138. The maximum Gasteiger partial charge on any atom is 0.330 e. The van der Waals surface area contributed by atoms with Crippen molar-refractivity contribution in [3.05, 3.63) is 186 Å². The number of ether oxygens (including phenoxy) is 2. The first-order valence-corrected chi connectivity index (χ1v) is 16.3. The molecule has 5 heteroatoms.